The molecule has 2 nitrogen and oxygen atoms in total. The van der Waals surface area contributed by atoms with Crippen LogP contribution in [0.1, 0.15) is 47.0 Å². The first-order valence-corrected chi connectivity index (χ1v) is 4.84. The topological polar surface area (TPSA) is 26.3 Å². The highest BCUT2D eigenvalue weighted by Gasteiger charge is 2.14. The molecule has 0 aliphatic heterocycles. The van der Waals surface area contributed by atoms with Gasteiger partial charge < -0.3 is 4.74 Å². The first kappa shape index (κ1) is 14.0. The van der Waals surface area contributed by atoms with Crippen molar-refractivity contribution in [3.8, 4) is 0 Å². The molecule has 0 radical (unpaired) electrons. The van der Waals surface area contributed by atoms with E-state index in [0.717, 1.165) is 19.3 Å². The summed E-state index contributed by atoms with van der Waals surface area (Å²) in [4.78, 5) is 10.9. The van der Waals surface area contributed by atoms with Gasteiger partial charge in [0, 0.05) is 0 Å². The van der Waals surface area contributed by atoms with Gasteiger partial charge in [-0.3, -0.25) is 4.79 Å². The molecule has 0 bridgehead atoms. The van der Waals surface area contributed by atoms with E-state index in [4.69, 9.17) is 0 Å². The fourth-order valence-corrected chi connectivity index (χ4v) is 1.00. The lowest BCUT2D eigenvalue weighted by Crippen LogP contribution is -2.14. The molecule has 0 aromatic rings. The van der Waals surface area contributed by atoms with Crippen molar-refractivity contribution in [3.63, 3.8) is 0 Å². The van der Waals surface area contributed by atoms with Crippen LogP contribution in [0, 0.1) is 5.92 Å². The van der Waals surface area contributed by atoms with Gasteiger partial charge in [0.25, 0.3) is 0 Å². The molecule has 0 spiro atoms. The highest BCUT2D eigenvalue weighted by Crippen LogP contribution is 2.11. The second-order valence-electron chi connectivity index (χ2n) is 2.42. The maximum atomic E-state index is 10.9. The third-order valence-corrected chi connectivity index (χ3v) is 1.66. The average molecular weight is 174 g/mol. The van der Waals surface area contributed by atoms with Gasteiger partial charge in [0.15, 0.2) is 0 Å². The largest absolute Gasteiger partial charge is 0.469 e. The van der Waals surface area contributed by atoms with Crippen molar-refractivity contribution in [2.75, 3.05) is 7.11 Å². The number of rotatable bonds is 4. The Morgan fingerprint density at radius 1 is 1.33 bits per heavy atom. The van der Waals surface area contributed by atoms with E-state index in [-0.39, 0.29) is 11.9 Å². The third-order valence-electron chi connectivity index (χ3n) is 1.66. The number of hydrogen-bond donors (Lipinski definition) is 0. The van der Waals surface area contributed by atoms with Crippen molar-refractivity contribution < 1.29 is 9.53 Å². The maximum Gasteiger partial charge on any atom is 0.308 e. The zero-order valence-electron chi connectivity index (χ0n) is 9.02. The molecule has 0 saturated carbocycles. The number of ether oxygens (including phenoxy) is 1. The van der Waals surface area contributed by atoms with Crippen molar-refractivity contribution in [2.24, 2.45) is 5.92 Å². The molecule has 0 fully saturated rings. The predicted octanol–water partition coefficient (Wildman–Crippen LogP) is 3.01. The molecule has 0 N–H and O–H groups in total. The second kappa shape index (κ2) is 10.5. The van der Waals surface area contributed by atoms with E-state index in [9.17, 15) is 4.79 Å². The molecule has 0 aliphatic carbocycles. The Balaban J connectivity index is 0. The summed E-state index contributed by atoms with van der Waals surface area (Å²) in [5, 5.41) is 0. The van der Waals surface area contributed by atoms with Gasteiger partial charge in [-0.25, -0.2) is 0 Å². The molecule has 0 aromatic carbocycles. The average Bonchev–Trinajstić information content (AvgIpc) is 2.16. The van der Waals surface area contributed by atoms with Crippen molar-refractivity contribution in [1.82, 2.24) is 0 Å². The summed E-state index contributed by atoms with van der Waals surface area (Å²) in [7, 11) is 1.45. The lowest BCUT2D eigenvalue weighted by molar-refractivity contribution is -0.145. The van der Waals surface area contributed by atoms with Crippen LogP contribution in [0.25, 0.3) is 0 Å². The number of carbonyl (C=O) groups is 1. The number of methoxy groups -OCH3 is 1. The molecule has 0 aliphatic rings. The maximum absolute atomic E-state index is 10.9. The number of esters is 1. The van der Waals surface area contributed by atoms with Gasteiger partial charge in [0.2, 0.25) is 0 Å². The molecular formula is C10H22O2. The van der Waals surface area contributed by atoms with Crippen LogP contribution >= 0.6 is 0 Å². The Bertz CT molecular complexity index is 100. The van der Waals surface area contributed by atoms with E-state index in [2.05, 4.69) is 11.7 Å². The molecule has 0 saturated heterocycles. The lowest BCUT2D eigenvalue weighted by Gasteiger charge is -2.09. The molecule has 0 heterocycles. The van der Waals surface area contributed by atoms with Crippen LogP contribution in [0.5, 0.6) is 0 Å². The summed E-state index contributed by atoms with van der Waals surface area (Å²) in [6, 6.07) is 0. The molecule has 0 amide bonds. The molecule has 74 valence electrons. The van der Waals surface area contributed by atoms with E-state index in [1.165, 1.54) is 7.11 Å². The van der Waals surface area contributed by atoms with E-state index < -0.39 is 0 Å². The van der Waals surface area contributed by atoms with Crippen molar-refractivity contribution in [2.45, 2.75) is 47.0 Å². The van der Waals surface area contributed by atoms with Crippen molar-refractivity contribution in [3.05, 3.63) is 0 Å². The Morgan fingerprint density at radius 2 is 1.83 bits per heavy atom. The Labute approximate surface area is 76.3 Å². The van der Waals surface area contributed by atoms with Crippen LogP contribution < -0.4 is 0 Å². The quantitative estimate of drug-likeness (QED) is 0.612. The van der Waals surface area contributed by atoms with Crippen LogP contribution in [0.2, 0.25) is 0 Å². The molecule has 2 heteroatoms. The smallest absolute Gasteiger partial charge is 0.308 e. The molecule has 1 atom stereocenters. The van der Waals surface area contributed by atoms with Crippen LogP contribution in [0.3, 0.4) is 0 Å². The fourth-order valence-electron chi connectivity index (χ4n) is 1.00. The highest BCUT2D eigenvalue weighted by atomic mass is 16.5. The van der Waals surface area contributed by atoms with Gasteiger partial charge in [0.05, 0.1) is 13.0 Å². The van der Waals surface area contributed by atoms with Gasteiger partial charge >= 0.3 is 5.97 Å². The Morgan fingerprint density at radius 3 is 2.08 bits per heavy atom. The van der Waals surface area contributed by atoms with Crippen LogP contribution in [-0.2, 0) is 9.53 Å². The summed E-state index contributed by atoms with van der Waals surface area (Å²) >= 11 is 0. The van der Waals surface area contributed by atoms with E-state index in [1.807, 2.05) is 20.8 Å². The minimum absolute atomic E-state index is 0.0654. The number of hydrogen-bond acceptors (Lipinski definition) is 2. The van der Waals surface area contributed by atoms with Crippen molar-refractivity contribution >= 4 is 5.97 Å². The van der Waals surface area contributed by atoms with Gasteiger partial charge in [-0.1, -0.05) is 34.1 Å². The van der Waals surface area contributed by atoms with E-state index >= 15 is 0 Å². The van der Waals surface area contributed by atoms with E-state index in [1.54, 1.807) is 0 Å². The summed E-state index contributed by atoms with van der Waals surface area (Å²) in [6.45, 7) is 8.09. The van der Waals surface area contributed by atoms with Gasteiger partial charge in [-0.2, -0.15) is 0 Å². The van der Waals surface area contributed by atoms with Gasteiger partial charge in [-0.15, -0.1) is 0 Å². The van der Waals surface area contributed by atoms with E-state index in [0.29, 0.717) is 0 Å². The van der Waals surface area contributed by atoms with Crippen LogP contribution in [0.4, 0.5) is 0 Å². The SMILES string of the molecule is CC.CCCC(CC)C(=O)OC. The Hall–Kier alpha value is -0.530. The lowest BCUT2D eigenvalue weighted by atomic mass is 10.0. The van der Waals surface area contributed by atoms with Gasteiger partial charge in [0.1, 0.15) is 0 Å². The van der Waals surface area contributed by atoms with Gasteiger partial charge in [-0.05, 0) is 12.8 Å². The molecule has 0 aromatic heterocycles. The minimum Gasteiger partial charge on any atom is -0.469 e. The van der Waals surface area contributed by atoms with Crippen molar-refractivity contribution in [1.29, 1.82) is 0 Å². The molecule has 0 rings (SSSR count). The normalized spacial score (nSPS) is 11.1. The van der Waals surface area contributed by atoms with Crippen LogP contribution in [0.15, 0.2) is 0 Å². The monoisotopic (exact) mass is 174 g/mol. The molecular weight excluding hydrogens is 152 g/mol. The standard InChI is InChI=1S/C8H16O2.C2H6/c1-4-6-7(5-2)8(9)10-3;1-2/h7H,4-6H2,1-3H3;1-2H3. The third kappa shape index (κ3) is 6.20. The fraction of sp³-hybridized carbons (Fsp3) is 0.900. The first-order chi connectivity index (χ1) is 5.76. The highest BCUT2D eigenvalue weighted by molar-refractivity contribution is 5.72. The molecule has 1 unspecified atom stereocenters. The summed E-state index contributed by atoms with van der Waals surface area (Å²) in [5.41, 5.74) is 0. The molecule has 12 heavy (non-hydrogen) atoms. The summed E-state index contributed by atoms with van der Waals surface area (Å²) in [6.07, 6.45) is 2.89. The Kier molecular flexibility index (Phi) is 12.2. The summed E-state index contributed by atoms with van der Waals surface area (Å²) in [5.74, 6) is 0.0550. The number of carbonyl (C=O) groups excluding carboxylic acids is 1. The predicted molar refractivity (Wildman–Crippen MR) is 52.1 cm³/mol. The second-order valence-corrected chi connectivity index (χ2v) is 2.42. The minimum atomic E-state index is -0.0654. The zero-order valence-corrected chi connectivity index (χ0v) is 9.02. The van der Waals surface area contributed by atoms with Crippen LogP contribution in [-0.4, -0.2) is 13.1 Å². The zero-order chi connectivity index (χ0) is 9.98. The summed E-state index contributed by atoms with van der Waals surface area (Å²) < 4.78 is 4.62. The first-order valence-electron chi connectivity index (χ1n) is 4.84.